The second-order valence-corrected chi connectivity index (χ2v) is 5.43. The topological polar surface area (TPSA) is 56.7 Å². The van der Waals surface area contributed by atoms with Gasteiger partial charge in [-0.05, 0) is 51.8 Å². The molecule has 0 bridgehead atoms. The lowest BCUT2D eigenvalue weighted by Gasteiger charge is -2.08. The standard InChI is InChI=1S/C15H13BrN4/c16-13-7-11(8-18-9-13)10-20-6-5-19-15(20)12-1-3-14(17)4-2-12/h1-9H,10,17H2. The van der Waals surface area contributed by atoms with Crippen LogP contribution in [0, 0.1) is 0 Å². The summed E-state index contributed by atoms with van der Waals surface area (Å²) < 4.78 is 3.07. The van der Waals surface area contributed by atoms with Gasteiger partial charge in [-0.25, -0.2) is 4.98 Å². The fraction of sp³-hybridized carbons (Fsp3) is 0.0667. The summed E-state index contributed by atoms with van der Waals surface area (Å²) >= 11 is 3.44. The van der Waals surface area contributed by atoms with Gasteiger partial charge in [0.15, 0.2) is 0 Å². The van der Waals surface area contributed by atoms with Crippen LogP contribution in [0.25, 0.3) is 11.4 Å². The normalized spacial score (nSPS) is 10.7. The molecule has 100 valence electrons. The largest absolute Gasteiger partial charge is 0.399 e. The van der Waals surface area contributed by atoms with E-state index in [9.17, 15) is 0 Å². The zero-order chi connectivity index (χ0) is 13.9. The van der Waals surface area contributed by atoms with Crippen LogP contribution in [0.4, 0.5) is 5.69 Å². The van der Waals surface area contributed by atoms with Gasteiger partial charge in [-0.2, -0.15) is 0 Å². The van der Waals surface area contributed by atoms with E-state index >= 15 is 0 Å². The molecule has 20 heavy (non-hydrogen) atoms. The van der Waals surface area contributed by atoms with Gasteiger partial charge in [0.05, 0.1) is 6.54 Å². The van der Waals surface area contributed by atoms with Crippen molar-refractivity contribution in [3.05, 3.63) is 65.2 Å². The number of rotatable bonds is 3. The maximum Gasteiger partial charge on any atom is 0.140 e. The van der Waals surface area contributed by atoms with Crippen LogP contribution < -0.4 is 5.73 Å². The van der Waals surface area contributed by atoms with E-state index in [1.807, 2.05) is 36.7 Å². The number of hydrogen-bond donors (Lipinski definition) is 1. The molecule has 0 saturated heterocycles. The Balaban J connectivity index is 1.92. The number of nitrogens with zero attached hydrogens (tertiary/aromatic N) is 3. The van der Waals surface area contributed by atoms with Crippen LogP contribution >= 0.6 is 15.9 Å². The van der Waals surface area contributed by atoms with Crippen LogP contribution in [0.1, 0.15) is 5.56 Å². The average molecular weight is 329 g/mol. The highest BCUT2D eigenvalue weighted by Gasteiger charge is 2.06. The summed E-state index contributed by atoms with van der Waals surface area (Å²) in [5, 5.41) is 0. The Hall–Kier alpha value is -2.14. The molecule has 0 unspecified atom stereocenters. The molecule has 0 atom stereocenters. The SMILES string of the molecule is Nc1ccc(-c2nccn2Cc2cncc(Br)c2)cc1. The minimum absolute atomic E-state index is 0.728. The van der Waals surface area contributed by atoms with Crippen LogP contribution in [0.3, 0.4) is 0 Å². The summed E-state index contributed by atoms with van der Waals surface area (Å²) in [7, 11) is 0. The van der Waals surface area contributed by atoms with Crippen molar-refractivity contribution < 1.29 is 0 Å². The Labute approximate surface area is 125 Å². The Kier molecular flexibility index (Phi) is 3.52. The third-order valence-corrected chi connectivity index (χ3v) is 3.43. The van der Waals surface area contributed by atoms with Crippen LogP contribution in [-0.4, -0.2) is 14.5 Å². The van der Waals surface area contributed by atoms with Crippen molar-refractivity contribution in [2.45, 2.75) is 6.54 Å². The maximum absolute atomic E-state index is 5.72. The lowest BCUT2D eigenvalue weighted by atomic mass is 10.2. The summed E-state index contributed by atoms with van der Waals surface area (Å²) in [5.41, 5.74) is 8.64. The molecule has 0 aliphatic heterocycles. The minimum atomic E-state index is 0.728. The number of nitrogen functional groups attached to an aromatic ring is 1. The van der Waals surface area contributed by atoms with Crippen LogP contribution in [-0.2, 0) is 6.54 Å². The number of hydrogen-bond acceptors (Lipinski definition) is 3. The quantitative estimate of drug-likeness (QED) is 0.750. The summed E-state index contributed by atoms with van der Waals surface area (Å²) in [6.07, 6.45) is 7.40. The molecule has 2 aromatic heterocycles. The van der Waals surface area contributed by atoms with E-state index < -0.39 is 0 Å². The smallest absolute Gasteiger partial charge is 0.140 e. The molecule has 0 amide bonds. The second-order valence-electron chi connectivity index (χ2n) is 4.51. The number of pyridine rings is 1. The highest BCUT2D eigenvalue weighted by molar-refractivity contribution is 9.10. The van der Waals surface area contributed by atoms with E-state index in [1.54, 1.807) is 12.4 Å². The zero-order valence-corrected chi connectivity index (χ0v) is 12.3. The van der Waals surface area contributed by atoms with E-state index in [2.05, 4.69) is 36.5 Å². The first-order valence-electron chi connectivity index (χ1n) is 6.19. The molecule has 3 rings (SSSR count). The Morgan fingerprint density at radius 1 is 1.15 bits per heavy atom. The number of aromatic nitrogens is 3. The molecule has 3 aromatic rings. The van der Waals surface area contributed by atoms with Gasteiger partial charge in [0, 0.05) is 40.5 Å². The van der Waals surface area contributed by atoms with Gasteiger partial charge in [-0.15, -0.1) is 0 Å². The van der Waals surface area contributed by atoms with Crippen molar-refractivity contribution in [2.75, 3.05) is 5.73 Å². The first kappa shape index (κ1) is 12.9. The summed E-state index contributed by atoms with van der Waals surface area (Å²) in [4.78, 5) is 8.61. The highest BCUT2D eigenvalue weighted by Crippen LogP contribution is 2.20. The summed E-state index contributed by atoms with van der Waals surface area (Å²) in [5.74, 6) is 0.921. The molecule has 1 aromatic carbocycles. The number of benzene rings is 1. The molecule has 0 radical (unpaired) electrons. The van der Waals surface area contributed by atoms with E-state index in [4.69, 9.17) is 5.73 Å². The van der Waals surface area contributed by atoms with Gasteiger partial charge in [-0.3, -0.25) is 4.98 Å². The van der Waals surface area contributed by atoms with Gasteiger partial charge in [0.2, 0.25) is 0 Å². The number of imidazole rings is 1. The van der Waals surface area contributed by atoms with Crippen molar-refractivity contribution >= 4 is 21.6 Å². The van der Waals surface area contributed by atoms with E-state index in [0.29, 0.717) is 0 Å². The fourth-order valence-electron chi connectivity index (χ4n) is 2.07. The molecule has 0 aliphatic rings. The average Bonchev–Trinajstić information content (AvgIpc) is 2.88. The first-order valence-corrected chi connectivity index (χ1v) is 6.98. The molecule has 4 nitrogen and oxygen atoms in total. The predicted molar refractivity (Wildman–Crippen MR) is 83.1 cm³/mol. The lowest BCUT2D eigenvalue weighted by molar-refractivity contribution is 0.802. The summed E-state index contributed by atoms with van der Waals surface area (Å²) in [6.45, 7) is 0.728. The summed E-state index contributed by atoms with van der Waals surface area (Å²) in [6, 6.07) is 9.78. The number of halogens is 1. The molecule has 0 spiro atoms. The molecule has 2 N–H and O–H groups in total. The molecular weight excluding hydrogens is 316 g/mol. The zero-order valence-electron chi connectivity index (χ0n) is 10.7. The maximum atomic E-state index is 5.72. The predicted octanol–water partition coefficient (Wildman–Crippen LogP) is 3.34. The monoisotopic (exact) mass is 328 g/mol. The number of anilines is 1. The van der Waals surface area contributed by atoms with Gasteiger partial charge in [0.1, 0.15) is 5.82 Å². The van der Waals surface area contributed by atoms with Crippen molar-refractivity contribution in [3.8, 4) is 11.4 Å². The van der Waals surface area contributed by atoms with E-state index in [-0.39, 0.29) is 0 Å². The molecule has 0 saturated carbocycles. The molecule has 2 heterocycles. The Bertz CT molecular complexity index is 719. The molecular formula is C15H13BrN4. The minimum Gasteiger partial charge on any atom is -0.399 e. The van der Waals surface area contributed by atoms with Gasteiger partial charge in [-0.1, -0.05) is 0 Å². The van der Waals surface area contributed by atoms with Gasteiger partial charge >= 0.3 is 0 Å². The Morgan fingerprint density at radius 3 is 2.70 bits per heavy atom. The first-order chi connectivity index (χ1) is 9.72. The van der Waals surface area contributed by atoms with Crippen molar-refractivity contribution in [3.63, 3.8) is 0 Å². The lowest BCUT2D eigenvalue weighted by Crippen LogP contribution is -2.01. The van der Waals surface area contributed by atoms with Crippen molar-refractivity contribution in [1.82, 2.24) is 14.5 Å². The van der Waals surface area contributed by atoms with Gasteiger partial charge in [0.25, 0.3) is 0 Å². The third-order valence-electron chi connectivity index (χ3n) is 3.00. The van der Waals surface area contributed by atoms with Crippen LogP contribution in [0.5, 0.6) is 0 Å². The number of nitrogens with two attached hydrogens (primary N) is 1. The van der Waals surface area contributed by atoms with Crippen molar-refractivity contribution in [1.29, 1.82) is 0 Å². The molecule has 5 heteroatoms. The fourth-order valence-corrected chi connectivity index (χ4v) is 2.48. The van der Waals surface area contributed by atoms with Gasteiger partial charge < -0.3 is 10.3 Å². The Morgan fingerprint density at radius 2 is 1.95 bits per heavy atom. The van der Waals surface area contributed by atoms with Crippen molar-refractivity contribution in [2.24, 2.45) is 0 Å². The van der Waals surface area contributed by atoms with E-state index in [1.165, 1.54) is 0 Å². The van der Waals surface area contributed by atoms with Crippen LogP contribution in [0.15, 0.2) is 59.6 Å². The van der Waals surface area contributed by atoms with Crippen LogP contribution in [0.2, 0.25) is 0 Å². The third kappa shape index (κ3) is 2.72. The molecule has 0 fully saturated rings. The van der Waals surface area contributed by atoms with E-state index in [0.717, 1.165) is 33.7 Å². The highest BCUT2D eigenvalue weighted by atomic mass is 79.9. The second kappa shape index (κ2) is 5.46. The molecule has 0 aliphatic carbocycles.